The molecule has 1 aliphatic carbocycles. The maximum atomic E-state index is 13.2. The highest BCUT2D eigenvalue weighted by atomic mass is 16.5. The van der Waals surface area contributed by atoms with Crippen molar-refractivity contribution in [2.45, 2.75) is 26.0 Å². The number of allylic oxidation sites excluding steroid dienone is 3. The second-order valence-corrected chi connectivity index (χ2v) is 6.46. The largest absolute Gasteiger partial charge is 0.347 e. The smallest absolute Gasteiger partial charge is 0.235 e. The maximum absolute atomic E-state index is 13.2. The molecule has 0 N–H and O–H groups in total. The minimum atomic E-state index is -1.04. The van der Waals surface area contributed by atoms with Crippen molar-refractivity contribution in [3.8, 4) is 0 Å². The van der Waals surface area contributed by atoms with E-state index in [9.17, 15) is 9.59 Å². The average molecular weight is 323 g/mol. The fraction of sp³-hybridized carbons (Fsp3) is 0.300. The lowest BCUT2D eigenvalue weighted by molar-refractivity contribution is -0.138. The van der Waals surface area contributed by atoms with E-state index < -0.39 is 5.72 Å². The van der Waals surface area contributed by atoms with E-state index >= 15 is 0 Å². The third-order valence-electron chi connectivity index (χ3n) is 4.33. The van der Waals surface area contributed by atoms with Gasteiger partial charge in [-0.15, -0.1) is 6.58 Å². The van der Waals surface area contributed by atoms with Crippen molar-refractivity contribution in [1.29, 1.82) is 0 Å². The second kappa shape index (κ2) is 6.21. The summed E-state index contributed by atoms with van der Waals surface area (Å²) in [5.41, 5.74) is 1.23. The lowest BCUT2D eigenvalue weighted by Crippen LogP contribution is -2.60. The molecular formula is C20H21NO3. The summed E-state index contributed by atoms with van der Waals surface area (Å²) >= 11 is 0. The molecule has 2 aliphatic rings. The van der Waals surface area contributed by atoms with Gasteiger partial charge in [-0.3, -0.25) is 14.5 Å². The third kappa shape index (κ3) is 2.85. The van der Waals surface area contributed by atoms with Gasteiger partial charge in [0.25, 0.3) is 0 Å². The van der Waals surface area contributed by atoms with Crippen molar-refractivity contribution in [1.82, 2.24) is 0 Å². The van der Waals surface area contributed by atoms with Gasteiger partial charge in [0.2, 0.25) is 5.91 Å². The van der Waals surface area contributed by atoms with Crippen molar-refractivity contribution < 1.29 is 14.3 Å². The zero-order valence-electron chi connectivity index (χ0n) is 14.0. The number of rotatable bonds is 3. The van der Waals surface area contributed by atoms with Crippen LogP contribution in [0.25, 0.3) is 0 Å². The van der Waals surface area contributed by atoms with Crippen LogP contribution in [0, 0.1) is 5.92 Å². The molecular weight excluding hydrogens is 302 g/mol. The van der Waals surface area contributed by atoms with Gasteiger partial charge in [0, 0.05) is 5.69 Å². The Morgan fingerprint density at radius 3 is 2.67 bits per heavy atom. The summed E-state index contributed by atoms with van der Waals surface area (Å²) < 4.78 is 6.12. The molecule has 1 heterocycles. The molecule has 2 atom stereocenters. The maximum Gasteiger partial charge on any atom is 0.235 e. The van der Waals surface area contributed by atoms with Crippen LogP contribution in [-0.4, -0.2) is 24.0 Å². The quantitative estimate of drug-likeness (QED) is 0.801. The number of anilines is 1. The van der Waals surface area contributed by atoms with Gasteiger partial charge in [-0.1, -0.05) is 23.8 Å². The van der Waals surface area contributed by atoms with Crippen molar-refractivity contribution in [3.63, 3.8) is 0 Å². The zero-order valence-corrected chi connectivity index (χ0v) is 14.0. The van der Waals surface area contributed by atoms with E-state index in [0.717, 1.165) is 11.3 Å². The first-order chi connectivity index (χ1) is 11.4. The van der Waals surface area contributed by atoms with E-state index in [2.05, 4.69) is 6.58 Å². The second-order valence-electron chi connectivity index (χ2n) is 6.46. The molecule has 24 heavy (non-hydrogen) atoms. The molecule has 124 valence electrons. The number of nitrogens with zero attached hydrogens (tertiary/aromatic N) is 1. The molecule has 1 aromatic rings. The van der Waals surface area contributed by atoms with Crippen LogP contribution in [0.2, 0.25) is 0 Å². The van der Waals surface area contributed by atoms with Gasteiger partial charge in [0.1, 0.15) is 0 Å². The monoisotopic (exact) mass is 323 g/mol. The lowest BCUT2D eigenvalue weighted by Gasteiger charge is -2.46. The Kier molecular flexibility index (Phi) is 4.24. The first kappa shape index (κ1) is 16.4. The number of ketones is 1. The minimum Gasteiger partial charge on any atom is -0.347 e. The molecule has 0 saturated carbocycles. The molecule has 1 spiro atoms. The zero-order chi connectivity index (χ0) is 17.3. The van der Waals surface area contributed by atoms with Gasteiger partial charge in [-0.25, -0.2) is 0 Å². The predicted octanol–water partition coefficient (Wildman–Crippen LogP) is 3.41. The molecule has 0 bridgehead atoms. The van der Waals surface area contributed by atoms with Crippen LogP contribution in [0.4, 0.5) is 5.69 Å². The Labute approximate surface area is 142 Å². The molecule has 2 unspecified atom stereocenters. The molecule has 1 aliphatic heterocycles. The van der Waals surface area contributed by atoms with E-state index in [4.69, 9.17) is 4.74 Å². The van der Waals surface area contributed by atoms with Crippen molar-refractivity contribution >= 4 is 17.4 Å². The van der Waals surface area contributed by atoms with Gasteiger partial charge in [-0.2, -0.15) is 0 Å². The number of carbonyl (C=O) groups excluding carboxylic acids is 2. The Balaban J connectivity index is 2.07. The number of carbonyl (C=O) groups is 2. The van der Waals surface area contributed by atoms with E-state index in [1.807, 2.05) is 37.3 Å². The standard InChI is InChI=1S/C20H21NO3/c1-14(2)11-16-13-24-20(10-9-18(22)15(3)12-20)21(19(16)23)17-7-5-4-6-8-17/h4-10,12,16H,1,11,13H2,2-3H3. The molecule has 1 amide bonds. The molecule has 0 radical (unpaired) electrons. The summed E-state index contributed by atoms with van der Waals surface area (Å²) in [7, 11) is 0. The van der Waals surface area contributed by atoms with Crippen LogP contribution in [-0.2, 0) is 14.3 Å². The van der Waals surface area contributed by atoms with Gasteiger partial charge in [-0.05, 0) is 56.2 Å². The highest BCUT2D eigenvalue weighted by molar-refractivity contribution is 6.06. The molecule has 4 heteroatoms. The van der Waals surface area contributed by atoms with Gasteiger partial charge < -0.3 is 4.74 Å². The summed E-state index contributed by atoms with van der Waals surface area (Å²) in [5.74, 6) is -0.347. The first-order valence-corrected chi connectivity index (χ1v) is 8.03. The molecule has 1 saturated heterocycles. The van der Waals surface area contributed by atoms with Crippen LogP contribution in [0.3, 0.4) is 0 Å². The summed E-state index contributed by atoms with van der Waals surface area (Å²) in [6.45, 7) is 7.86. The summed E-state index contributed by atoms with van der Waals surface area (Å²) in [5, 5.41) is 0. The fourth-order valence-electron chi connectivity index (χ4n) is 3.18. The van der Waals surface area contributed by atoms with Crippen LogP contribution >= 0.6 is 0 Å². The SMILES string of the molecule is C=C(C)CC1COC2(C=CC(=O)C(C)=C2)N(c2ccccc2)C1=O. The number of benzene rings is 1. The molecule has 1 fully saturated rings. The predicted molar refractivity (Wildman–Crippen MR) is 93.4 cm³/mol. The lowest BCUT2D eigenvalue weighted by atomic mass is 9.91. The molecule has 3 rings (SSSR count). The van der Waals surface area contributed by atoms with Crippen molar-refractivity contribution in [2.75, 3.05) is 11.5 Å². The van der Waals surface area contributed by atoms with Gasteiger partial charge in [0.15, 0.2) is 11.5 Å². The normalized spacial score (nSPS) is 26.7. The van der Waals surface area contributed by atoms with E-state index in [1.165, 1.54) is 6.08 Å². The van der Waals surface area contributed by atoms with Crippen LogP contribution in [0.15, 0.2) is 66.3 Å². The number of hydrogen-bond donors (Lipinski definition) is 0. The van der Waals surface area contributed by atoms with Crippen molar-refractivity contribution in [2.24, 2.45) is 5.92 Å². The number of ether oxygens (including phenoxy) is 1. The summed E-state index contributed by atoms with van der Waals surface area (Å²) in [4.78, 5) is 26.7. The van der Waals surface area contributed by atoms with E-state index in [0.29, 0.717) is 18.6 Å². The fourth-order valence-corrected chi connectivity index (χ4v) is 3.18. The molecule has 4 nitrogen and oxygen atoms in total. The first-order valence-electron chi connectivity index (χ1n) is 8.03. The Morgan fingerprint density at radius 2 is 2.04 bits per heavy atom. The van der Waals surface area contributed by atoms with E-state index in [1.54, 1.807) is 24.0 Å². The third-order valence-corrected chi connectivity index (χ3v) is 4.33. The summed E-state index contributed by atoms with van der Waals surface area (Å²) in [6, 6.07) is 9.41. The Bertz CT molecular complexity index is 747. The van der Waals surface area contributed by atoms with Gasteiger partial charge >= 0.3 is 0 Å². The number of hydrogen-bond acceptors (Lipinski definition) is 3. The Morgan fingerprint density at radius 1 is 1.33 bits per heavy atom. The van der Waals surface area contributed by atoms with Crippen LogP contribution < -0.4 is 4.90 Å². The molecule has 1 aromatic carbocycles. The Hall–Kier alpha value is -2.46. The molecule has 0 aromatic heterocycles. The van der Waals surface area contributed by atoms with Crippen LogP contribution in [0.1, 0.15) is 20.3 Å². The number of amides is 1. The number of para-hydroxylation sites is 1. The average Bonchev–Trinajstić information content (AvgIpc) is 2.55. The van der Waals surface area contributed by atoms with E-state index in [-0.39, 0.29) is 17.6 Å². The summed E-state index contributed by atoms with van der Waals surface area (Å²) in [6.07, 6.45) is 5.47. The van der Waals surface area contributed by atoms with Crippen LogP contribution in [0.5, 0.6) is 0 Å². The van der Waals surface area contributed by atoms with Gasteiger partial charge in [0.05, 0.1) is 12.5 Å². The topological polar surface area (TPSA) is 46.6 Å². The van der Waals surface area contributed by atoms with Crippen molar-refractivity contribution in [3.05, 3.63) is 66.3 Å². The minimum absolute atomic E-state index is 0.0153. The highest BCUT2D eigenvalue weighted by Gasteiger charge is 2.46. The highest BCUT2D eigenvalue weighted by Crippen LogP contribution is 2.37.